The summed E-state index contributed by atoms with van der Waals surface area (Å²) >= 11 is 1.44. The second kappa shape index (κ2) is 3.49. The van der Waals surface area contributed by atoms with Gasteiger partial charge in [0.2, 0.25) is 0 Å². The Morgan fingerprint density at radius 3 is 2.38 bits per heavy atom. The molecule has 0 atom stereocenters. The fourth-order valence-corrected chi connectivity index (χ4v) is 1.64. The lowest BCUT2D eigenvalue weighted by Crippen LogP contribution is -1.78. The highest BCUT2D eigenvalue weighted by Crippen LogP contribution is 2.30. The van der Waals surface area contributed by atoms with Crippen LogP contribution in [-0.4, -0.2) is 0 Å². The number of hydrogen-bond donors (Lipinski definition) is 1. The second-order valence-corrected chi connectivity index (χ2v) is 3.65. The van der Waals surface area contributed by atoms with Gasteiger partial charge in [0.15, 0.2) is 5.06 Å². The van der Waals surface area contributed by atoms with Gasteiger partial charge in [-0.3, -0.25) is 0 Å². The first-order valence-corrected chi connectivity index (χ1v) is 4.74. The Balaban J connectivity index is 2.15. The minimum absolute atomic E-state index is 0.769. The predicted molar refractivity (Wildman–Crippen MR) is 55.2 cm³/mol. The van der Waals surface area contributed by atoms with Crippen molar-refractivity contribution in [3.63, 3.8) is 0 Å². The summed E-state index contributed by atoms with van der Waals surface area (Å²) in [4.78, 5) is 0. The van der Waals surface area contributed by atoms with Crippen molar-refractivity contribution in [2.75, 3.05) is 5.73 Å². The van der Waals surface area contributed by atoms with Crippen LogP contribution in [0, 0.1) is 0 Å². The maximum atomic E-state index is 5.57. The molecule has 0 aliphatic heterocycles. The zero-order valence-corrected chi connectivity index (χ0v) is 7.75. The monoisotopic (exact) mass is 191 g/mol. The molecule has 0 aliphatic rings. The Bertz CT molecular complexity index is 383. The third-order valence-corrected chi connectivity index (χ3v) is 2.36. The van der Waals surface area contributed by atoms with Gasteiger partial charge in [0.1, 0.15) is 5.75 Å². The van der Waals surface area contributed by atoms with Gasteiger partial charge in [-0.1, -0.05) is 29.5 Å². The number of thiophene rings is 1. The topological polar surface area (TPSA) is 35.2 Å². The van der Waals surface area contributed by atoms with E-state index in [1.54, 1.807) is 0 Å². The number of anilines is 1. The first kappa shape index (κ1) is 8.13. The van der Waals surface area contributed by atoms with Gasteiger partial charge in [-0.25, -0.2) is 0 Å². The summed E-state index contributed by atoms with van der Waals surface area (Å²) < 4.78 is 5.54. The minimum Gasteiger partial charge on any atom is -0.447 e. The van der Waals surface area contributed by atoms with E-state index >= 15 is 0 Å². The van der Waals surface area contributed by atoms with Crippen molar-refractivity contribution >= 4 is 16.3 Å². The van der Waals surface area contributed by atoms with E-state index in [-0.39, 0.29) is 0 Å². The summed E-state index contributed by atoms with van der Waals surface area (Å²) in [5, 5.41) is 1.59. The molecular weight excluding hydrogens is 182 g/mol. The van der Waals surface area contributed by atoms with Crippen LogP contribution >= 0.6 is 11.3 Å². The third-order valence-electron chi connectivity index (χ3n) is 1.56. The van der Waals surface area contributed by atoms with E-state index in [1.807, 2.05) is 42.5 Å². The fourth-order valence-electron chi connectivity index (χ4n) is 0.994. The van der Waals surface area contributed by atoms with Crippen molar-refractivity contribution in [2.45, 2.75) is 0 Å². The highest BCUT2D eigenvalue weighted by atomic mass is 32.1. The summed E-state index contributed by atoms with van der Waals surface area (Å²) in [7, 11) is 0. The molecule has 0 radical (unpaired) electrons. The van der Waals surface area contributed by atoms with Gasteiger partial charge in [-0.15, -0.1) is 0 Å². The molecule has 0 saturated carbocycles. The SMILES string of the molecule is Nc1ccc(Oc2ccccc2)s1. The Kier molecular flexibility index (Phi) is 2.19. The Morgan fingerprint density at radius 1 is 1.00 bits per heavy atom. The van der Waals surface area contributed by atoms with Gasteiger partial charge in [-0.2, -0.15) is 0 Å². The van der Waals surface area contributed by atoms with Crippen LogP contribution in [0.4, 0.5) is 5.00 Å². The van der Waals surface area contributed by atoms with Gasteiger partial charge >= 0.3 is 0 Å². The Labute approximate surface area is 80.6 Å². The van der Waals surface area contributed by atoms with Crippen molar-refractivity contribution in [3.8, 4) is 10.8 Å². The molecule has 0 fully saturated rings. The molecule has 0 spiro atoms. The maximum Gasteiger partial charge on any atom is 0.182 e. The molecule has 0 bridgehead atoms. The third kappa shape index (κ3) is 2.00. The lowest BCUT2D eigenvalue weighted by molar-refractivity contribution is 0.496. The van der Waals surface area contributed by atoms with Crippen LogP contribution in [0.2, 0.25) is 0 Å². The summed E-state index contributed by atoms with van der Waals surface area (Å²) in [6.07, 6.45) is 0. The molecule has 2 rings (SSSR count). The molecule has 1 aromatic heterocycles. The number of hydrogen-bond acceptors (Lipinski definition) is 3. The molecule has 0 aliphatic carbocycles. The van der Waals surface area contributed by atoms with Crippen molar-refractivity contribution in [2.24, 2.45) is 0 Å². The maximum absolute atomic E-state index is 5.57. The van der Waals surface area contributed by atoms with Gasteiger partial charge < -0.3 is 10.5 Å². The summed E-state index contributed by atoms with van der Waals surface area (Å²) in [6, 6.07) is 13.4. The van der Waals surface area contributed by atoms with Crippen LogP contribution in [0.15, 0.2) is 42.5 Å². The fraction of sp³-hybridized carbons (Fsp3) is 0. The van der Waals surface area contributed by atoms with Gasteiger partial charge in [0.25, 0.3) is 0 Å². The normalized spacial score (nSPS) is 9.85. The van der Waals surface area contributed by atoms with Gasteiger partial charge in [-0.05, 0) is 24.3 Å². The lowest BCUT2D eigenvalue weighted by atomic mass is 10.3. The second-order valence-electron chi connectivity index (χ2n) is 2.57. The largest absolute Gasteiger partial charge is 0.447 e. The summed E-state index contributed by atoms with van der Waals surface area (Å²) in [5.74, 6) is 0.837. The number of nitrogen functional groups attached to an aromatic ring is 1. The van der Waals surface area contributed by atoms with E-state index < -0.39 is 0 Å². The average Bonchev–Trinajstić information content (AvgIpc) is 2.53. The number of nitrogens with two attached hydrogens (primary N) is 1. The number of para-hydroxylation sites is 1. The molecule has 2 N–H and O–H groups in total. The van der Waals surface area contributed by atoms with Gasteiger partial charge in [0.05, 0.1) is 5.00 Å². The smallest absolute Gasteiger partial charge is 0.182 e. The standard InChI is InChI=1S/C10H9NOS/c11-9-6-7-10(13-9)12-8-4-2-1-3-5-8/h1-7H,11H2. The van der Waals surface area contributed by atoms with Crippen molar-refractivity contribution < 1.29 is 4.74 Å². The van der Waals surface area contributed by atoms with Crippen molar-refractivity contribution in [1.29, 1.82) is 0 Å². The zero-order valence-electron chi connectivity index (χ0n) is 6.94. The van der Waals surface area contributed by atoms with Crippen molar-refractivity contribution in [1.82, 2.24) is 0 Å². The highest BCUT2D eigenvalue weighted by molar-refractivity contribution is 7.17. The van der Waals surface area contributed by atoms with Crippen LogP contribution in [0.5, 0.6) is 10.8 Å². The van der Waals surface area contributed by atoms with E-state index in [4.69, 9.17) is 10.5 Å². The first-order valence-electron chi connectivity index (χ1n) is 3.93. The minimum atomic E-state index is 0.769. The van der Waals surface area contributed by atoms with Crippen LogP contribution < -0.4 is 10.5 Å². The van der Waals surface area contributed by atoms with E-state index in [2.05, 4.69) is 0 Å². The number of rotatable bonds is 2. The molecule has 0 unspecified atom stereocenters. The summed E-state index contributed by atoms with van der Waals surface area (Å²) in [6.45, 7) is 0. The lowest BCUT2D eigenvalue weighted by Gasteiger charge is -2.00. The molecule has 3 heteroatoms. The molecule has 0 amide bonds. The number of benzene rings is 1. The molecule has 1 heterocycles. The molecule has 0 saturated heterocycles. The van der Waals surface area contributed by atoms with Gasteiger partial charge in [0, 0.05) is 0 Å². The molecular formula is C10H9NOS. The Morgan fingerprint density at radius 2 is 1.77 bits per heavy atom. The molecule has 66 valence electrons. The van der Waals surface area contributed by atoms with Crippen LogP contribution in [0.1, 0.15) is 0 Å². The average molecular weight is 191 g/mol. The number of ether oxygens (including phenoxy) is 1. The highest BCUT2D eigenvalue weighted by Gasteiger charge is 1.98. The van der Waals surface area contributed by atoms with E-state index in [9.17, 15) is 0 Å². The first-order chi connectivity index (χ1) is 6.34. The van der Waals surface area contributed by atoms with E-state index in [0.717, 1.165) is 15.8 Å². The van der Waals surface area contributed by atoms with Crippen molar-refractivity contribution in [3.05, 3.63) is 42.5 Å². The Hall–Kier alpha value is -1.48. The summed E-state index contributed by atoms with van der Waals surface area (Å²) in [5.41, 5.74) is 5.57. The van der Waals surface area contributed by atoms with Crippen LogP contribution in [-0.2, 0) is 0 Å². The molecule has 2 nitrogen and oxygen atoms in total. The van der Waals surface area contributed by atoms with E-state index in [0.29, 0.717) is 0 Å². The van der Waals surface area contributed by atoms with Crippen LogP contribution in [0.25, 0.3) is 0 Å². The van der Waals surface area contributed by atoms with Crippen LogP contribution in [0.3, 0.4) is 0 Å². The predicted octanol–water partition coefficient (Wildman–Crippen LogP) is 3.12. The molecule has 1 aromatic carbocycles. The van der Waals surface area contributed by atoms with E-state index in [1.165, 1.54) is 11.3 Å². The molecule has 13 heavy (non-hydrogen) atoms. The quantitative estimate of drug-likeness (QED) is 0.791. The molecule has 2 aromatic rings. The zero-order chi connectivity index (χ0) is 9.10.